The molecule has 1 N–H and O–H groups in total. The number of hydrogen-bond acceptors (Lipinski definition) is 5. The smallest absolute Gasteiger partial charge is 0.278 e. The summed E-state index contributed by atoms with van der Waals surface area (Å²) in [6, 6.07) is 11.3. The number of likely N-dealkylation sites (tertiary alicyclic amines) is 1. The van der Waals surface area contributed by atoms with Gasteiger partial charge in [-0.05, 0) is 48.9 Å². The Balaban J connectivity index is 1.73. The Labute approximate surface area is 170 Å². The average Bonchev–Trinajstić information content (AvgIpc) is 3.00. The second-order valence-corrected chi connectivity index (χ2v) is 7.78. The van der Waals surface area contributed by atoms with Gasteiger partial charge in [-0.3, -0.25) is 19.5 Å². The molecule has 150 valence electrons. The summed E-state index contributed by atoms with van der Waals surface area (Å²) in [5, 5.41) is 9.62. The van der Waals surface area contributed by atoms with Gasteiger partial charge in [0, 0.05) is 32.1 Å². The molecule has 6 nitrogen and oxygen atoms in total. The molecule has 2 aliphatic heterocycles. The topological polar surface area (TPSA) is 73.7 Å². The van der Waals surface area contributed by atoms with Crippen molar-refractivity contribution in [2.24, 2.45) is 5.92 Å². The van der Waals surface area contributed by atoms with E-state index in [0.29, 0.717) is 24.4 Å². The van der Waals surface area contributed by atoms with Crippen LogP contribution in [0.5, 0.6) is 0 Å². The van der Waals surface area contributed by atoms with E-state index in [0.717, 1.165) is 29.5 Å². The Morgan fingerprint density at radius 1 is 1.07 bits per heavy atom. The van der Waals surface area contributed by atoms with Crippen LogP contribution in [0.4, 0.5) is 0 Å². The number of amides is 2. The van der Waals surface area contributed by atoms with Crippen LogP contribution in [0, 0.1) is 12.8 Å². The monoisotopic (exact) mass is 391 g/mol. The van der Waals surface area contributed by atoms with Crippen LogP contribution in [0.25, 0.3) is 5.57 Å². The molecule has 2 amide bonds. The number of carbonyl (C=O) groups is 2. The summed E-state index contributed by atoms with van der Waals surface area (Å²) in [7, 11) is 0. The zero-order valence-electron chi connectivity index (χ0n) is 16.5. The molecule has 6 heteroatoms. The van der Waals surface area contributed by atoms with Crippen molar-refractivity contribution in [3.05, 3.63) is 71.2 Å². The predicted molar refractivity (Wildman–Crippen MR) is 109 cm³/mol. The minimum atomic E-state index is -0.267. The second-order valence-electron chi connectivity index (χ2n) is 7.78. The molecule has 0 spiro atoms. The molecule has 0 saturated carbocycles. The molecule has 0 bridgehead atoms. The SMILES string of the molecule is Cc1ccc(C2=C(N3CCCC(CO)C3)C(=O)N(Cc3ccncc3)C2=O)cc1. The zero-order chi connectivity index (χ0) is 20.4. The number of nitrogens with zero attached hydrogens (tertiary/aromatic N) is 3. The van der Waals surface area contributed by atoms with E-state index < -0.39 is 0 Å². The van der Waals surface area contributed by atoms with Crippen molar-refractivity contribution in [1.29, 1.82) is 0 Å². The molecule has 2 aromatic rings. The zero-order valence-corrected chi connectivity index (χ0v) is 16.5. The molecule has 29 heavy (non-hydrogen) atoms. The van der Waals surface area contributed by atoms with Crippen molar-refractivity contribution in [2.45, 2.75) is 26.3 Å². The summed E-state index contributed by atoms with van der Waals surface area (Å²) in [6.45, 7) is 3.60. The van der Waals surface area contributed by atoms with E-state index in [1.807, 2.05) is 48.2 Å². The first-order chi connectivity index (χ1) is 14.1. The number of piperidine rings is 1. The Morgan fingerprint density at radius 3 is 2.48 bits per heavy atom. The maximum atomic E-state index is 13.4. The molecule has 1 atom stereocenters. The summed E-state index contributed by atoms with van der Waals surface area (Å²) in [6.07, 6.45) is 5.14. The Morgan fingerprint density at radius 2 is 1.79 bits per heavy atom. The average molecular weight is 391 g/mol. The maximum absolute atomic E-state index is 13.4. The third-order valence-corrected chi connectivity index (χ3v) is 5.67. The van der Waals surface area contributed by atoms with Gasteiger partial charge in [0.2, 0.25) is 0 Å². The van der Waals surface area contributed by atoms with Gasteiger partial charge in [-0.2, -0.15) is 0 Å². The van der Waals surface area contributed by atoms with E-state index >= 15 is 0 Å². The quantitative estimate of drug-likeness (QED) is 0.792. The van der Waals surface area contributed by atoms with Gasteiger partial charge in [0.15, 0.2) is 0 Å². The molecule has 1 fully saturated rings. The van der Waals surface area contributed by atoms with Gasteiger partial charge in [0.05, 0.1) is 12.1 Å². The fourth-order valence-corrected chi connectivity index (χ4v) is 4.07. The van der Waals surface area contributed by atoms with E-state index in [2.05, 4.69) is 4.98 Å². The lowest BCUT2D eigenvalue weighted by atomic mass is 9.96. The number of aliphatic hydroxyl groups is 1. The molecule has 1 unspecified atom stereocenters. The summed E-state index contributed by atoms with van der Waals surface area (Å²) in [5.74, 6) is -0.412. The van der Waals surface area contributed by atoms with Crippen LogP contribution < -0.4 is 0 Å². The number of rotatable bonds is 5. The first kappa shape index (κ1) is 19.3. The van der Waals surface area contributed by atoms with Crippen molar-refractivity contribution in [2.75, 3.05) is 19.7 Å². The highest BCUT2D eigenvalue weighted by Crippen LogP contribution is 2.34. The third-order valence-electron chi connectivity index (χ3n) is 5.67. The van der Waals surface area contributed by atoms with Crippen LogP contribution in [-0.2, 0) is 16.1 Å². The normalized spacial score (nSPS) is 20.0. The third kappa shape index (κ3) is 3.80. The highest BCUT2D eigenvalue weighted by molar-refractivity contribution is 6.35. The van der Waals surface area contributed by atoms with Gasteiger partial charge in [-0.1, -0.05) is 29.8 Å². The molecule has 4 rings (SSSR count). The van der Waals surface area contributed by atoms with Crippen molar-refractivity contribution >= 4 is 17.4 Å². The molecule has 1 aromatic carbocycles. The number of aromatic nitrogens is 1. The maximum Gasteiger partial charge on any atom is 0.278 e. The van der Waals surface area contributed by atoms with Gasteiger partial charge < -0.3 is 10.0 Å². The summed E-state index contributed by atoms with van der Waals surface area (Å²) < 4.78 is 0. The lowest BCUT2D eigenvalue weighted by Gasteiger charge is -2.34. The van der Waals surface area contributed by atoms with Crippen LogP contribution in [0.1, 0.15) is 29.5 Å². The summed E-state index contributed by atoms with van der Waals surface area (Å²) in [5.41, 5.74) is 3.64. The fraction of sp³-hybridized carbons (Fsp3) is 0.348. The highest BCUT2D eigenvalue weighted by Gasteiger charge is 2.42. The van der Waals surface area contributed by atoms with Crippen molar-refractivity contribution in [3.8, 4) is 0 Å². The molecular formula is C23H25N3O3. The van der Waals surface area contributed by atoms with Gasteiger partial charge in [0.25, 0.3) is 11.8 Å². The first-order valence-electron chi connectivity index (χ1n) is 10.0. The largest absolute Gasteiger partial charge is 0.396 e. The highest BCUT2D eigenvalue weighted by atomic mass is 16.3. The Kier molecular flexibility index (Phi) is 5.45. The lowest BCUT2D eigenvalue weighted by molar-refractivity contribution is -0.138. The van der Waals surface area contributed by atoms with Gasteiger partial charge in [0.1, 0.15) is 5.70 Å². The van der Waals surface area contributed by atoms with E-state index in [-0.39, 0.29) is 30.9 Å². The molecule has 0 radical (unpaired) electrons. The molecule has 1 aromatic heterocycles. The number of imide groups is 1. The summed E-state index contributed by atoms with van der Waals surface area (Å²) in [4.78, 5) is 34.1. The van der Waals surface area contributed by atoms with Crippen molar-refractivity contribution in [3.63, 3.8) is 0 Å². The number of aliphatic hydroxyl groups excluding tert-OH is 1. The molecule has 0 aliphatic carbocycles. The van der Waals surface area contributed by atoms with E-state index in [9.17, 15) is 14.7 Å². The lowest BCUT2D eigenvalue weighted by Crippen LogP contribution is -2.40. The van der Waals surface area contributed by atoms with Crippen molar-refractivity contribution in [1.82, 2.24) is 14.8 Å². The number of aryl methyl sites for hydroxylation is 1. The minimum absolute atomic E-state index is 0.0898. The van der Waals surface area contributed by atoms with Crippen LogP contribution in [0.15, 0.2) is 54.5 Å². The number of hydrogen-bond donors (Lipinski definition) is 1. The van der Waals surface area contributed by atoms with Gasteiger partial charge >= 0.3 is 0 Å². The summed E-state index contributed by atoms with van der Waals surface area (Å²) >= 11 is 0. The van der Waals surface area contributed by atoms with Crippen molar-refractivity contribution < 1.29 is 14.7 Å². The number of pyridine rings is 1. The van der Waals surface area contributed by atoms with E-state index in [1.54, 1.807) is 12.4 Å². The van der Waals surface area contributed by atoms with Crippen LogP contribution >= 0.6 is 0 Å². The minimum Gasteiger partial charge on any atom is -0.396 e. The molecule has 1 saturated heterocycles. The second kappa shape index (κ2) is 8.17. The van der Waals surface area contributed by atoms with Crippen LogP contribution in [-0.4, -0.2) is 51.4 Å². The van der Waals surface area contributed by atoms with Gasteiger partial charge in [-0.15, -0.1) is 0 Å². The number of benzene rings is 1. The Hall–Kier alpha value is -2.99. The van der Waals surface area contributed by atoms with E-state index in [4.69, 9.17) is 0 Å². The standard InChI is InChI=1S/C23H25N3O3/c1-16-4-6-19(7-5-16)20-21(25-12-2-3-18(13-25)15-27)23(29)26(22(20)28)14-17-8-10-24-11-9-17/h4-11,18,27H,2-3,12-15H2,1H3. The first-order valence-corrected chi connectivity index (χ1v) is 10.0. The van der Waals surface area contributed by atoms with Crippen LogP contribution in [0.2, 0.25) is 0 Å². The van der Waals surface area contributed by atoms with Crippen LogP contribution in [0.3, 0.4) is 0 Å². The Bertz CT molecular complexity index is 938. The van der Waals surface area contributed by atoms with Gasteiger partial charge in [-0.25, -0.2) is 0 Å². The number of carbonyl (C=O) groups excluding carboxylic acids is 2. The predicted octanol–water partition coefficient (Wildman–Crippen LogP) is 2.37. The molecule has 3 heterocycles. The fourth-order valence-electron chi connectivity index (χ4n) is 4.07. The molecular weight excluding hydrogens is 366 g/mol. The molecule has 2 aliphatic rings. The van der Waals surface area contributed by atoms with E-state index in [1.165, 1.54) is 4.90 Å².